The Morgan fingerprint density at radius 1 is 1.33 bits per heavy atom. The van der Waals surface area contributed by atoms with Gasteiger partial charge in [0.05, 0.1) is 5.71 Å². The van der Waals surface area contributed by atoms with Crippen molar-refractivity contribution in [3.05, 3.63) is 0 Å². The van der Waals surface area contributed by atoms with Gasteiger partial charge in [0.1, 0.15) is 13.2 Å². The van der Waals surface area contributed by atoms with Crippen molar-refractivity contribution in [2.75, 3.05) is 13.2 Å². The van der Waals surface area contributed by atoms with E-state index < -0.39 is 19.0 Å². The van der Waals surface area contributed by atoms with Crippen LogP contribution in [0.5, 0.6) is 0 Å². The van der Waals surface area contributed by atoms with Crippen LogP contribution in [0.2, 0.25) is 0 Å². The molecular formula is C7H15NO4. The number of carbonyl (C=O) groups is 1. The number of oxime groups is 1. The third-order valence-corrected chi connectivity index (χ3v) is 1.04. The van der Waals surface area contributed by atoms with E-state index in [0.717, 1.165) is 12.1 Å². The molecule has 72 valence electrons. The fraction of sp³-hybridized carbons (Fsp3) is 0.714. The molecule has 0 atom stereocenters. The molecule has 0 spiro atoms. The monoisotopic (exact) mass is 177 g/mol. The molecule has 0 aromatic carbocycles. The molecule has 3 N–H and O–H groups in total. The maximum absolute atomic E-state index is 9.68. The van der Waals surface area contributed by atoms with Crippen LogP contribution in [0.15, 0.2) is 5.16 Å². The molecule has 0 heterocycles. The molecule has 0 rings (SSSR count). The largest absolute Gasteiger partial charge is 0.411 e. The summed E-state index contributed by atoms with van der Waals surface area (Å²) in [5.41, 5.74) is 0.773. The van der Waals surface area contributed by atoms with Crippen LogP contribution in [0.1, 0.15) is 20.3 Å². The third-order valence-electron chi connectivity index (χ3n) is 1.04. The molecule has 0 fully saturated rings. The van der Waals surface area contributed by atoms with Crippen molar-refractivity contribution in [3.63, 3.8) is 0 Å². The van der Waals surface area contributed by atoms with Crippen molar-refractivity contribution in [2.45, 2.75) is 20.3 Å². The molecule has 0 saturated carbocycles. The fourth-order valence-electron chi connectivity index (χ4n) is 0.121. The first-order valence-electron chi connectivity index (χ1n) is 3.53. The minimum absolute atomic E-state index is 0.546. The highest BCUT2D eigenvalue weighted by atomic mass is 16.4. The van der Waals surface area contributed by atoms with Gasteiger partial charge in [0.2, 0.25) is 0 Å². The van der Waals surface area contributed by atoms with Gasteiger partial charge in [-0.25, -0.2) is 0 Å². The topological polar surface area (TPSA) is 90.1 Å². The quantitative estimate of drug-likeness (QED) is 0.316. The number of ketones is 1. The van der Waals surface area contributed by atoms with E-state index in [1.165, 1.54) is 0 Å². The van der Waals surface area contributed by atoms with E-state index in [1.807, 2.05) is 6.92 Å². The van der Waals surface area contributed by atoms with Crippen molar-refractivity contribution in [3.8, 4) is 0 Å². The summed E-state index contributed by atoms with van der Waals surface area (Å²) < 4.78 is 0. The molecule has 12 heavy (non-hydrogen) atoms. The van der Waals surface area contributed by atoms with Gasteiger partial charge < -0.3 is 15.4 Å². The van der Waals surface area contributed by atoms with Gasteiger partial charge in [0.25, 0.3) is 0 Å². The van der Waals surface area contributed by atoms with Gasteiger partial charge in [0, 0.05) is 0 Å². The van der Waals surface area contributed by atoms with Crippen LogP contribution in [0.3, 0.4) is 0 Å². The number of aliphatic hydroxyl groups is 2. The molecule has 5 heteroatoms. The molecule has 0 amide bonds. The van der Waals surface area contributed by atoms with E-state index in [2.05, 4.69) is 5.16 Å². The van der Waals surface area contributed by atoms with Gasteiger partial charge in [-0.05, 0) is 13.3 Å². The molecule has 0 aliphatic heterocycles. The van der Waals surface area contributed by atoms with Gasteiger partial charge >= 0.3 is 0 Å². The number of rotatable bonds is 3. The number of Topliss-reactive ketones (excluding diaryl/α,β-unsaturated/α-hetero) is 1. The molecule has 0 aromatic rings. The Morgan fingerprint density at radius 3 is 1.75 bits per heavy atom. The summed E-state index contributed by atoms with van der Waals surface area (Å²) in [5, 5.41) is 26.5. The van der Waals surface area contributed by atoms with Gasteiger partial charge in [0.15, 0.2) is 5.78 Å². The van der Waals surface area contributed by atoms with Crippen LogP contribution in [0, 0.1) is 0 Å². The molecule has 0 aliphatic rings. The SMILES string of the molecule is CCC(C)=NO.O=C(CO)CO. The zero-order chi connectivity index (χ0) is 9.98. The van der Waals surface area contributed by atoms with Crippen LogP contribution in [0.4, 0.5) is 0 Å². The molecule has 0 unspecified atom stereocenters. The average molecular weight is 177 g/mol. The first-order chi connectivity index (χ1) is 5.62. The number of aliphatic hydroxyl groups excluding tert-OH is 2. The van der Waals surface area contributed by atoms with Crippen molar-refractivity contribution in [1.82, 2.24) is 0 Å². The Balaban J connectivity index is 0. The normalized spacial score (nSPS) is 10.2. The summed E-state index contributed by atoms with van der Waals surface area (Å²) in [4.78, 5) is 9.68. The zero-order valence-electron chi connectivity index (χ0n) is 7.32. The van der Waals surface area contributed by atoms with Crippen LogP contribution in [-0.2, 0) is 4.79 Å². The van der Waals surface area contributed by atoms with Crippen LogP contribution in [-0.4, -0.2) is 40.1 Å². The Bertz CT molecular complexity index is 138. The standard InChI is InChI=1S/C4H9NO.C3H6O3/c1-3-4(2)5-6;4-1-3(6)2-5/h6H,3H2,1-2H3;4-5H,1-2H2. The Hall–Kier alpha value is -0.940. The molecular weight excluding hydrogens is 162 g/mol. The van der Waals surface area contributed by atoms with Gasteiger partial charge in [-0.15, -0.1) is 0 Å². The molecule has 0 saturated heterocycles. The van der Waals surface area contributed by atoms with E-state index in [9.17, 15) is 4.79 Å². The first kappa shape index (κ1) is 13.6. The highest BCUT2D eigenvalue weighted by Gasteiger charge is 1.89. The average Bonchev–Trinajstić information content (AvgIpc) is 2.16. The summed E-state index contributed by atoms with van der Waals surface area (Å²) in [5.74, 6) is -0.546. The highest BCUT2D eigenvalue weighted by Crippen LogP contribution is 1.78. The van der Waals surface area contributed by atoms with Crippen LogP contribution >= 0.6 is 0 Å². The highest BCUT2D eigenvalue weighted by molar-refractivity contribution is 5.80. The lowest BCUT2D eigenvalue weighted by Gasteiger charge is -1.81. The molecule has 0 aromatic heterocycles. The van der Waals surface area contributed by atoms with Gasteiger partial charge in [-0.1, -0.05) is 12.1 Å². The van der Waals surface area contributed by atoms with Crippen molar-refractivity contribution < 1.29 is 20.2 Å². The lowest BCUT2D eigenvalue weighted by atomic mass is 10.3. The van der Waals surface area contributed by atoms with Crippen molar-refractivity contribution >= 4 is 11.5 Å². The number of hydrogen-bond acceptors (Lipinski definition) is 5. The Morgan fingerprint density at radius 2 is 1.75 bits per heavy atom. The smallest absolute Gasteiger partial charge is 0.183 e. The predicted octanol–water partition coefficient (Wildman–Crippen LogP) is -0.213. The summed E-state index contributed by atoms with van der Waals surface area (Å²) in [6.45, 7) is 2.60. The van der Waals surface area contributed by atoms with E-state index in [1.54, 1.807) is 6.92 Å². The van der Waals surface area contributed by atoms with Crippen LogP contribution < -0.4 is 0 Å². The van der Waals surface area contributed by atoms with E-state index in [0.29, 0.717) is 0 Å². The van der Waals surface area contributed by atoms with Crippen LogP contribution in [0.25, 0.3) is 0 Å². The molecule has 0 bridgehead atoms. The summed E-state index contributed by atoms with van der Waals surface area (Å²) in [6, 6.07) is 0. The lowest BCUT2D eigenvalue weighted by Crippen LogP contribution is -2.07. The van der Waals surface area contributed by atoms with Gasteiger partial charge in [-0.3, -0.25) is 4.79 Å². The van der Waals surface area contributed by atoms with Crippen molar-refractivity contribution in [1.29, 1.82) is 0 Å². The number of nitrogens with zero attached hydrogens (tertiary/aromatic N) is 1. The summed E-state index contributed by atoms with van der Waals surface area (Å²) in [7, 11) is 0. The second kappa shape index (κ2) is 10.1. The number of carbonyl (C=O) groups excluding carboxylic acids is 1. The minimum atomic E-state index is -0.559. The second-order valence-electron chi connectivity index (χ2n) is 2.04. The van der Waals surface area contributed by atoms with Crippen molar-refractivity contribution in [2.24, 2.45) is 5.16 Å². The molecule has 0 radical (unpaired) electrons. The van der Waals surface area contributed by atoms with E-state index in [-0.39, 0.29) is 0 Å². The van der Waals surface area contributed by atoms with E-state index >= 15 is 0 Å². The maximum atomic E-state index is 9.68. The Kier molecular flexibility index (Phi) is 11.4. The fourth-order valence-corrected chi connectivity index (χ4v) is 0.121. The second-order valence-corrected chi connectivity index (χ2v) is 2.04. The zero-order valence-corrected chi connectivity index (χ0v) is 7.32. The predicted molar refractivity (Wildman–Crippen MR) is 44.4 cm³/mol. The minimum Gasteiger partial charge on any atom is -0.411 e. The molecule has 5 nitrogen and oxygen atoms in total. The maximum Gasteiger partial charge on any atom is 0.183 e. The Labute approximate surface area is 71.3 Å². The van der Waals surface area contributed by atoms with Gasteiger partial charge in [-0.2, -0.15) is 0 Å². The number of hydrogen-bond donors (Lipinski definition) is 3. The third kappa shape index (κ3) is 11.8. The van der Waals surface area contributed by atoms with E-state index in [4.69, 9.17) is 15.4 Å². The molecule has 0 aliphatic carbocycles. The lowest BCUT2D eigenvalue weighted by molar-refractivity contribution is -0.124. The summed E-state index contributed by atoms with van der Waals surface area (Å²) >= 11 is 0. The summed E-state index contributed by atoms with van der Waals surface area (Å²) in [6.07, 6.45) is 0.830. The first-order valence-corrected chi connectivity index (χ1v) is 3.53.